The zero-order valence-corrected chi connectivity index (χ0v) is 10.3. The second-order valence-corrected chi connectivity index (χ2v) is 5.55. The Morgan fingerprint density at radius 3 is 2.37 bits per heavy atom. The Bertz CT molecular complexity index is 545. The lowest BCUT2D eigenvalue weighted by atomic mass is 9.63. The molecule has 5 heteroatoms. The van der Waals surface area contributed by atoms with Crippen molar-refractivity contribution in [2.75, 3.05) is 18.0 Å². The minimum atomic E-state index is -4.39. The molecule has 0 bridgehead atoms. The van der Waals surface area contributed by atoms with E-state index in [0.717, 1.165) is 25.2 Å². The molecule has 3 rings (SSSR count). The van der Waals surface area contributed by atoms with E-state index in [4.69, 9.17) is 5.26 Å². The molecule has 1 aliphatic heterocycles. The normalized spacial score (nSPS) is 20.6. The standard InChI is InChI=1S/C14H13F3N2/c15-14(16,17)11-2-3-12(10(6-11)7-18)19-8-13(9-19)4-1-5-13/h2-3,6H,1,4-5,8-9H2. The Morgan fingerprint density at radius 1 is 1.21 bits per heavy atom. The highest BCUT2D eigenvalue weighted by Gasteiger charge is 2.47. The molecule has 100 valence electrons. The molecular weight excluding hydrogens is 253 g/mol. The topological polar surface area (TPSA) is 27.0 Å². The van der Waals surface area contributed by atoms with Crippen LogP contribution in [0.5, 0.6) is 0 Å². The lowest BCUT2D eigenvalue weighted by molar-refractivity contribution is -0.137. The molecule has 1 spiro atoms. The van der Waals surface area contributed by atoms with Gasteiger partial charge < -0.3 is 4.90 Å². The smallest absolute Gasteiger partial charge is 0.369 e. The quantitative estimate of drug-likeness (QED) is 0.777. The maximum absolute atomic E-state index is 12.6. The molecule has 1 heterocycles. The van der Waals surface area contributed by atoms with Crippen LogP contribution in [0.3, 0.4) is 0 Å². The molecule has 2 fully saturated rings. The summed E-state index contributed by atoms with van der Waals surface area (Å²) in [6.45, 7) is 1.74. The number of anilines is 1. The van der Waals surface area contributed by atoms with Gasteiger partial charge in [0.2, 0.25) is 0 Å². The lowest BCUT2D eigenvalue weighted by Crippen LogP contribution is -2.60. The Kier molecular flexibility index (Phi) is 2.53. The number of hydrogen-bond acceptors (Lipinski definition) is 2. The average Bonchev–Trinajstić information content (AvgIpc) is 2.24. The molecule has 1 saturated heterocycles. The van der Waals surface area contributed by atoms with Gasteiger partial charge in [-0.05, 0) is 31.0 Å². The first kappa shape index (κ1) is 12.3. The summed E-state index contributed by atoms with van der Waals surface area (Å²) in [6, 6.07) is 5.31. The molecule has 0 radical (unpaired) electrons. The summed E-state index contributed by atoms with van der Waals surface area (Å²) in [5.41, 5.74) is 0.374. The largest absolute Gasteiger partial charge is 0.416 e. The number of nitriles is 1. The maximum Gasteiger partial charge on any atom is 0.416 e. The predicted octanol–water partition coefficient (Wildman–Crippen LogP) is 3.57. The van der Waals surface area contributed by atoms with E-state index in [1.807, 2.05) is 11.0 Å². The zero-order chi connectivity index (χ0) is 13.7. The fraction of sp³-hybridized carbons (Fsp3) is 0.500. The molecule has 1 aromatic rings. The van der Waals surface area contributed by atoms with E-state index in [-0.39, 0.29) is 5.56 Å². The van der Waals surface area contributed by atoms with E-state index in [1.165, 1.54) is 25.3 Å². The third kappa shape index (κ3) is 1.95. The fourth-order valence-electron chi connectivity index (χ4n) is 3.00. The van der Waals surface area contributed by atoms with Gasteiger partial charge in [0.15, 0.2) is 0 Å². The summed E-state index contributed by atoms with van der Waals surface area (Å²) in [4.78, 5) is 2.01. The van der Waals surface area contributed by atoms with Crippen molar-refractivity contribution in [3.63, 3.8) is 0 Å². The van der Waals surface area contributed by atoms with E-state index in [2.05, 4.69) is 0 Å². The molecule has 1 aromatic carbocycles. The van der Waals surface area contributed by atoms with E-state index in [0.29, 0.717) is 11.1 Å². The fourth-order valence-corrected chi connectivity index (χ4v) is 3.00. The van der Waals surface area contributed by atoms with Crippen molar-refractivity contribution >= 4 is 5.69 Å². The van der Waals surface area contributed by atoms with Crippen LogP contribution in [0.2, 0.25) is 0 Å². The number of hydrogen-bond donors (Lipinski definition) is 0. The van der Waals surface area contributed by atoms with Crippen LogP contribution in [0.4, 0.5) is 18.9 Å². The van der Waals surface area contributed by atoms with Gasteiger partial charge in [0, 0.05) is 18.5 Å². The third-order valence-corrected chi connectivity index (χ3v) is 4.25. The molecular formula is C14H13F3N2. The molecule has 0 unspecified atom stereocenters. The van der Waals surface area contributed by atoms with E-state index < -0.39 is 11.7 Å². The molecule has 0 N–H and O–H groups in total. The highest BCUT2D eigenvalue weighted by Crippen LogP contribution is 2.50. The summed E-state index contributed by atoms with van der Waals surface area (Å²) < 4.78 is 37.8. The Hall–Kier alpha value is -1.70. The van der Waals surface area contributed by atoms with E-state index >= 15 is 0 Å². The first-order valence-electron chi connectivity index (χ1n) is 6.30. The molecule has 1 saturated carbocycles. The Morgan fingerprint density at radius 2 is 1.89 bits per heavy atom. The molecule has 0 amide bonds. The maximum atomic E-state index is 12.6. The predicted molar refractivity (Wildman–Crippen MR) is 64.7 cm³/mol. The summed E-state index contributed by atoms with van der Waals surface area (Å²) in [5.74, 6) is 0. The van der Waals surface area contributed by atoms with Crippen molar-refractivity contribution in [2.45, 2.75) is 25.4 Å². The van der Waals surface area contributed by atoms with Gasteiger partial charge in [-0.15, -0.1) is 0 Å². The SMILES string of the molecule is N#Cc1cc(C(F)(F)F)ccc1N1CC2(CCC2)C1. The monoisotopic (exact) mass is 266 g/mol. The molecule has 2 aliphatic rings. The second kappa shape index (κ2) is 3.89. The van der Waals surface area contributed by atoms with Gasteiger partial charge in [0.25, 0.3) is 0 Å². The van der Waals surface area contributed by atoms with Crippen LogP contribution in [0.25, 0.3) is 0 Å². The lowest BCUT2D eigenvalue weighted by Gasteiger charge is -2.57. The van der Waals surface area contributed by atoms with Crippen molar-refractivity contribution in [2.24, 2.45) is 5.41 Å². The number of nitrogens with zero attached hydrogens (tertiary/aromatic N) is 2. The van der Waals surface area contributed by atoms with Crippen LogP contribution in [0.1, 0.15) is 30.4 Å². The molecule has 19 heavy (non-hydrogen) atoms. The summed E-state index contributed by atoms with van der Waals surface area (Å²) in [5, 5.41) is 9.03. The number of halogens is 3. The van der Waals surface area contributed by atoms with Gasteiger partial charge in [0.1, 0.15) is 6.07 Å². The number of alkyl halides is 3. The number of rotatable bonds is 1. The van der Waals surface area contributed by atoms with Crippen LogP contribution < -0.4 is 4.90 Å². The highest BCUT2D eigenvalue weighted by molar-refractivity contribution is 5.62. The second-order valence-electron chi connectivity index (χ2n) is 5.55. The zero-order valence-electron chi connectivity index (χ0n) is 10.3. The first-order valence-corrected chi connectivity index (χ1v) is 6.30. The minimum absolute atomic E-state index is 0.115. The third-order valence-electron chi connectivity index (χ3n) is 4.25. The van der Waals surface area contributed by atoms with Gasteiger partial charge in [-0.2, -0.15) is 18.4 Å². The van der Waals surface area contributed by atoms with Crippen molar-refractivity contribution in [1.82, 2.24) is 0 Å². The van der Waals surface area contributed by atoms with Gasteiger partial charge in [-0.1, -0.05) is 6.42 Å². The molecule has 0 atom stereocenters. The van der Waals surface area contributed by atoms with Crippen molar-refractivity contribution in [1.29, 1.82) is 5.26 Å². The van der Waals surface area contributed by atoms with Gasteiger partial charge in [-0.3, -0.25) is 0 Å². The Labute approximate surface area is 109 Å². The minimum Gasteiger partial charge on any atom is -0.369 e. The van der Waals surface area contributed by atoms with Crippen LogP contribution in [0, 0.1) is 16.7 Å². The van der Waals surface area contributed by atoms with Gasteiger partial charge in [0.05, 0.1) is 16.8 Å². The summed E-state index contributed by atoms with van der Waals surface area (Å²) >= 11 is 0. The Balaban J connectivity index is 1.85. The number of benzene rings is 1. The van der Waals surface area contributed by atoms with Gasteiger partial charge in [-0.25, -0.2) is 0 Å². The molecule has 2 nitrogen and oxygen atoms in total. The van der Waals surface area contributed by atoms with Crippen molar-refractivity contribution < 1.29 is 13.2 Å². The summed E-state index contributed by atoms with van der Waals surface area (Å²) in [7, 11) is 0. The van der Waals surface area contributed by atoms with Crippen molar-refractivity contribution in [3.8, 4) is 6.07 Å². The molecule has 0 aromatic heterocycles. The van der Waals surface area contributed by atoms with Crippen LogP contribution >= 0.6 is 0 Å². The summed E-state index contributed by atoms with van der Waals surface area (Å²) in [6.07, 6.45) is -0.752. The van der Waals surface area contributed by atoms with Crippen molar-refractivity contribution in [3.05, 3.63) is 29.3 Å². The van der Waals surface area contributed by atoms with Crippen LogP contribution in [-0.2, 0) is 6.18 Å². The van der Waals surface area contributed by atoms with Crippen LogP contribution in [0.15, 0.2) is 18.2 Å². The van der Waals surface area contributed by atoms with E-state index in [1.54, 1.807) is 0 Å². The highest BCUT2D eigenvalue weighted by atomic mass is 19.4. The molecule has 1 aliphatic carbocycles. The van der Waals surface area contributed by atoms with E-state index in [9.17, 15) is 13.2 Å². The average molecular weight is 266 g/mol. The van der Waals surface area contributed by atoms with Crippen LogP contribution in [-0.4, -0.2) is 13.1 Å². The van der Waals surface area contributed by atoms with Gasteiger partial charge >= 0.3 is 6.18 Å². The first-order chi connectivity index (χ1) is 8.93.